The van der Waals surface area contributed by atoms with Gasteiger partial charge in [-0.3, -0.25) is 19.7 Å². The lowest BCUT2D eigenvalue weighted by molar-refractivity contribution is -0.134. The average molecular weight is 367 g/mol. The minimum absolute atomic E-state index is 0.201. The fourth-order valence-electron chi connectivity index (χ4n) is 2.13. The maximum absolute atomic E-state index is 12.2. The molecule has 4 amide bonds. The number of ether oxygens (including phenoxy) is 1. The topological polar surface area (TPSA) is 114 Å². The van der Waals surface area contributed by atoms with Crippen molar-refractivity contribution in [2.75, 3.05) is 0 Å². The van der Waals surface area contributed by atoms with Crippen molar-refractivity contribution in [2.24, 2.45) is 0 Å². The van der Waals surface area contributed by atoms with Gasteiger partial charge in [0.1, 0.15) is 11.6 Å². The summed E-state index contributed by atoms with van der Waals surface area (Å²) in [4.78, 5) is 47.8. The molecule has 1 aromatic rings. The lowest BCUT2D eigenvalue weighted by atomic mass is 10.1. The number of hydrogen-bond donors (Lipinski definition) is 3. The van der Waals surface area contributed by atoms with Gasteiger partial charge >= 0.3 is 6.09 Å². The third-order valence-electron chi connectivity index (χ3n) is 3.24. The van der Waals surface area contributed by atoms with Crippen LogP contribution >= 0.6 is 11.3 Å². The maximum atomic E-state index is 12.2. The summed E-state index contributed by atoms with van der Waals surface area (Å²) in [6.45, 7) is 5.56. The quantitative estimate of drug-likeness (QED) is 0.694. The number of carbonyl (C=O) groups excluding carboxylic acids is 4. The van der Waals surface area contributed by atoms with Crippen molar-refractivity contribution in [2.45, 2.75) is 51.8 Å². The summed E-state index contributed by atoms with van der Waals surface area (Å²) in [5.74, 6) is -1.21. The Labute approximate surface area is 149 Å². The number of amides is 4. The van der Waals surface area contributed by atoms with Crippen molar-refractivity contribution in [3.63, 3.8) is 0 Å². The van der Waals surface area contributed by atoms with E-state index >= 15 is 0 Å². The molecule has 2 heterocycles. The van der Waals surface area contributed by atoms with Gasteiger partial charge in [0, 0.05) is 11.3 Å². The molecule has 8 nitrogen and oxygen atoms in total. The first-order valence-corrected chi connectivity index (χ1v) is 8.66. The molecule has 3 N–H and O–H groups in total. The number of nitrogens with one attached hydrogen (secondary N) is 3. The summed E-state index contributed by atoms with van der Waals surface area (Å²) >= 11 is 1.21. The summed E-state index contributed by atoms with van der Waals surface area (Å²) in [5, 5.41) is 7.42. The number of imide groups is 1. The Morgan fingerprint density at radius 2 is 2.04 bits per heavy atom. The van der Waals surface area contributed by atoms with Crippen LogP contribution in [0.15, 0.2) is 12.1 Å². The molecule has 1 aliphatic rings. The number of alkyl carbamates (subject to hydrolysis) is 1. The van der Waals surface area contributed by atoms with Gasteiger partial charge in [0.25, 0.3) is 5.91 Å². The molecule has 2 rings (SSSR count). The second-order valence-electron chi connectivity index (χ2n) is 6.60. The van der Waals surface area contributed by atoms with Crippen LogP contribution in [0.1, 0.15) is 48.2 Å². The van der Waals surface area contributed by atoms with Crippen molar-refractivity contribution in [3.8, 4) is 0 Å². The fourth-order valence-corrected chi connectivity index (χ4v) is 2.98. The van der Waals surface area contributed by atoms with E-state index in [0.29, 0.717) is 4.88 Å². The molecular formula is C16H21N3O5S. The van der Waals surface area contributed by atoms with Crippen LogP contribution in [-0.2, 0) is 20.9 Å². The van der Waals surface area contributed by atoms with Crippen molar-refractivity contribution < 1.29 is 23.9 Å². The Balaban J connectivity index is 1.86. The van der Waals surface area contributed by atoms with Gasteiger partial charge in [-0.05, 0) is 39.3 Å². The molecular weight excluding hydrogens is 346 g/mol. The number of rotatable bonds is 4. The minimum Gasteiger partial charge on any atom is -0.444 e. The summed E-state index contributed by atoms with van der Waals surface area (Å²) in [6, 6.07) is 2.63. The first-order chi connectivity index (χ1) is 11.6. The van der Waals surface area contributed by atoms with E-state index in [0.717, 1.165) is 4.88 Å². The molecule has 9 heteroatoms. The number of hydrogen-bond acceptors (Lipinski definition) is 6. The molecule has 0 aliphatic carbocycles. The molecule has 0 aromatic carbocycles. The van der Waals surface area contributed by atoms with Gasteiger partial charge < -0.3 is 15.4 Å². The zero-order valence-electron chi connectivity index (χ0n) is 14.3. The minimum atomic E-state index is -0.712. The molecule has 1 aromatic heterocycles. The summed E-state index contributed by atoms with van der Waals surface area (Å²) in [5.41, 5.74) is -0.577. The van der Waals surface area contributed by atoms with Crippen LogP contribution in [0.25, 0.3) is 0 Å². The Morgan fingerprint density at radius 1 is 1.32 bits per heavy atom. The van der Waals surface area contributed by atoms with Crippen molar-refractivity contribution in [1.29, 1.82) is 0 Å². The van der Waals surface area contributed by atoms with E-state index in [2.05, 4.69) is 16.0 Å². The molecule has 1 atom stereocenters. The van der Waals surface area contributed by atoms with Gasteiger partial charge in [0.05, 0.1) is 11.4 Å². The molecule has 1 aliphatic heterocycles. The molecule has 136 valence electrons. The van der Waals surface area contributed by atoms with E-state index < -0.39 is 23.6 Å². The highest BCUT2D eigenvalue weighted by Crippen LogP contribution is 2.17. The third kappa shape index (κ3) is 5.86. The van der Waals surface area contributed by atoms with E-state index in [4.69, 9.17) is 4.74 Å². The second kappa shape index (κ2) is 7.64. The van der Waals surface area contributed by atoms with Crippen molar-refractivity contribution >= 4 is 35.2 Å². The molecule has 0 bridgehead atoms. The van der Waals surface area contributed by atoms with Crippen LogP contribution in [0.4, 0.5) is 4.79 Å². The monoisotopic (exact) mass is 367 g/mol. The molecule has 1 saturated heterocycles. The van der Waals surface area contributed by atoms with Crippen LogP contribution in [0.3, 0.4) is 0 Å². The predicted molar refractivity (Wildman–Crippen MR) is 91.0 cm³/mol. The van der Waals surface area contributed by atoms with E-state index in [1.807, 2.05) is 0 Å². The zero-order valence-corrected chi connectivity index (χ0v) is 15.1. The van der Waals surface area contributed by atoms with Crippen LogP contribution in [0, 0.1) is 0 Å². The predicted octanol–water partition coefficient (Wildman–Crippen LogP) is 1.31. The molecule has 25 heavy (non-hydrogen) atoms. The van der Waals surface area contributed by atoms with Crippen LogP contribution in [0.2, 0.25) is 0 Å². The normalized spacial score (nSPS) is 17.6. The summed E-state index contributed by atoms with van der Waals surface area (Å²) < 4.78 is 5.14. The van der Waals surface area contributed by atoms with Gasteiger partial charge in [-0.25, -0.2) is 4.79 Å². The number of piperidine rings is 1. The first kappa shape index (κ1) is 18.9. The van der Waals surface area contributed by atoms with Gasteiger partial charge in [0.2, 0.25) is 11.8 Å². The van der Waals surface area contributed by atoms with Crippen molar-refractivity contribution in [1.82, 2.24) is 16.0 Å². The van der Waals surface area contributed by atoms with Gasteiger partial charge in [-0.2, -0.15) is 0 Å². The molecule has 1 fully saturated rings. The molecule has 1 unspecified atom stereocenters. The lowest BCUT2D eigenvalue weighted by Crippen LogP contribution is -2.52. The zero-order chi connectivity index (χ0) is 18.6. The Bertz CT molecular complexity index is 692. The van der Waals surface area contributed by atoms with E-state index in [1.54, 1.807) is 32.9 Å². The Morgan fingerprint density at radius 3 is 2.68 bits per heavy atom. The van der Waals surface area contributed by atoms with E-state index in [1.165, 1.54) is 11.3 Å². The second-order valence-corrected chi connectivity index (χ2v) is 7.77. The average Bonchev–Trinajstić information content (AvgIpc) is 2.95. The summed E-state index contributed by atoms with van der Waals surface area (Å²) in [7, 11) is 0. The highest BCUT2D eigenvalue weighted by molar-refractivity contribution is 7.14. The largest absolute Gasteiger partial charge is 0.444 e. The number of thiophene rings is 1. The molecule has 0 radical (unpaired) electrons. The summed E-state index contributed by atoms with van der Waals surface area (Å²) in [6.07, 6.45) is -0.0449. The highest BCUT2D eigenvalue weighted by atomic mass is 32.1. The maximum Gasteiger partial charge on any atom is 0.407 e. The van der Waals surface area contributed by atoms with E-state index in [-0.39, 0.29) is 31.2 Å². The smallest absolute Gasteiger partial charge is 0.407 e. The Hall–Kier alpha value is -2.42. The van der Waals surface area contributed by atoms with Crippen LogP contribution in [-0.4, -0.2) is 35.5 Å². The first-order valence-electron chi connectivity index (χ1n) is 7.84. The molecule has 0 spiro atoms. The SMILES string of the molecule is CC(C)(C)OC(=O)NCc1ccc(C(=O)NC2CCC(=O)NC2=O)s1. The highest BCUT2D eigenvalue weighted by Gasteiger charge is 2.28. The van der Waals surface area contributed by atoms with Gasteiger partial charge in [0.15, 0.2) is 0 Å². The fraction of sp³-hybridized carbons (Fsp3) is 0.500. The van der Waals surface area contributed by atoms with Crippen LogP contribution in [0.5, 0.6) is 0 Å². The van der Waals surface area contributed by atoms with E-state index in [9.17, 15) is 19.2 Å². The van der Waals surface area contributed by atoms with Gasteiger partial charge in [-0.1, -0.05) is 0 Å². The Kier molecular flexibility index (Phi) is 5.78. The number of carbonyl (C=O) groups is 4. The van der Waals surface area contributed by atoms with Crippen LogP contribution < -0.4 is 16.0 Å². The third-order valence-corrected chi connectivity index (χ3v) is 4.32. The standard InChI is InChI=1S/C16H21N3O5S/c1-16(2,3)24-15(23)17-8-9-4-6-11(25-9)14(22)18-10-5-7-12(20)19-13(10)21/h4,6,10H,5,7-8H2,1-3H3,(H,17,23)(H,18,22)(H,19,20,21). The molecule has 0 saturated carbocycles. The van der Waals surface area contributed by atoms with Crippen molar-refractivity contribution in [3.05, 3.63) is 21.9 Å². The van der Waals surface area contributed by atoms with Gasteiger partial charge in [-0.15, -0.1) is 11.3 Å². The lowest BCUT2D eigenvalue weighted by Gasteiger charge is -2.21.